The first-order valence-corrected chi connectivity index (χ1v) is 6.27. The first kappa shape index (κ1) is 13.1. The zero-order valence-corrected chi connectivity index (χ0v) is 11.0. The van der Waals surface area contributed by atoms with Crippen molar-refractivity contribution in [3.8, 4) is 0 Å². The molecule has 3 N–H and O–H groups in total. The second-order valence-electron chi connectivity index (χ2n) is 4.44. The summed E-state index contributed by atoms with van der Waals surface area (Å²) in [6.45, 7) is 3.27. The van der Waals surface area contributed by atoms with Crippen LogP contribution in [-0.2, 0) is 6.54 Å². The minimum atomic E-state index is -0.0143. The van der Waals surface area contributed by atoms with Crippen LogP contribution in [0.25, 0.3) is 0 Å². The summed E-state index contributed by atoms with van der Waals surface area (Å²) in [4.78, 5) is 15.4. The SMILES string of the molecule is CC(=O)c1cc(NCCCn2ccnc2)ccc1N. The van der Waals surface area contributed by atoms with Crippen LogP contribution < -0.4 is 11.1 Å². The average molecular weight is 258 g/mol. The fraction of sp³-hybridized carbons (Fsp3) is 0.286. The van der Waals surface area contributed by atoms with Crippen molar-refractivity contribution in [2.45, 2.75) is 19.9 Å². The predicted octanol–water partition coefficient (Wildman–Crippen LogP) is 2.17. The quantitative estimate of drug-likeness (QED) is 0.473. The highest BCUT2D eigenvalue weighted by Gasteiger charge is 2.05. The number of hydrogen-bond donors (Lipinski definition) is 2. The van der Waals surface area contributed by atoms with E-state index >= 15 is 0 Å². The Morgan fingerprint density at radius 1 is 1.47 bits per heavy atom. The van der Waals surface area contributed by atoms with Gasteiger partial charge in [-0.25, -0.2) is 4.98 Å². The molecule has 0 fully saturated rings. The fourth-order valence-corrected chi connectivity index (χ4v) is 1.88. The van der Waals surface area contributed by atoms with Gasteiger partial charge in [0, 0.05) is 42.4 Å². The molecular weight excluding hydrogens is 240 g/mol. The molecule has 0 saturated carbocycles. The Hall–Kier alpha value is -2.30. The monoisotopic (exact) mass is 258 g/mol. The number of aromatic nitrogens is 2. The number of nitrogens with one attached hydrogen (secondary N) is 1. The molecule has 0 aliphatic heterocycles. The predicted molar refractivity (Wildman–Crippen MR) is 76.2 cm³/mol. The van der Waals surface area contributed by atoms with Crippen molar-refractivity contribution in [2.24, 2.45) is 0 Å². The number of carbonyl (C=O) groups excluding carboxylic acids is 1. The van der Waals surface area contributed by atoms with Gasteiger partial charge in [-0.15, -0.1) is 0 Å². The van der Waals surface area contributed by atoms with E-state index in [4.69, 9.17) is 5.73 Å². The Bertz CT molecular complexity index is 549. The number of carbonyl (C=O) groups is 1. The number of nitrogens with zero attached hydrogens (tertiary/aromatic N) is 2. The van der Waals surface area contributed by atoms with E-state index in [0.717, 1.165) is 25.2 Å². The molecule has 5 nitrogen and oxygen atoms in total. The first-order chi connectivity index (χ1) is 9.16. The van der Waals surface area contributed by atoms with Crippen molar-refractivity contribution < 1.29 is 4.79 Å². The number of benzene rings is 1. The number of imidazole rings is 1. The topological polar surface area (TPSA) is 72.9 Å². The third-order valence-electron chi connectivity index (χ3n) is 2.91. The Morgan fingerprint density at radius 2 is 2.32 bits per heavy atom. The molecule has 0 bridgehead atoms. The van der Waals surface area contributed by atoms with Crippen molar-refractivity contribution in [1.29, 1.82) is 0 Å². The van der Waals surface area contributed by atoms with Gasteiger partial charge in [-0.2, -0.15) is 0 Å². The van der Waals surface area contributed by atoms with Crippen LogP contribution in [0.4, 0.5) is 11.4 Å². The van der Waals surface area contributed by atoms with Gasteiger partial charge in [0.1, 0.15) is 0 Å². The van der Waals surface area contributed by atoms with E-state index < -0.39 is 0 Å². The maximum Gasteiger partial charge on any atom is 0.161 e. The molecule has 0 aliphatic rings. The van der Waals surface area contributed by atoms with Gasteiger partial charge in [-0.05, 0) is 31.5 Å². The molecule has 0 saturated heterocycles. The largest absolute Gasteiger partial charge is 0.398 e. The summed E-state index contributed by atoms with van der Waals surface area (Å²) < 4.78 is 2.03. The standard InChI is InChI=1S/C14H18N4O/c1-11(19)13-9-12(3-4-14(13)15)17-5-2-7-18-8-6-16-10-18/h3-4,6,8-10,17H,2,5,7,15H2,1H3. The van der Waals surface area contributed by atoms with Crippen LogP contribution in [0, 0.1) is 0 Å². The minimum absolute atomic E-state index is 0.0143. The number of aryl methyl sites for hydroxylation is 1. The van der Waals surface area contributed by atoms with Crippen LogP contribution >= 0.6 is 0 Å². The van der Waals surface area contributed by atoms with Gasteiger partial charge in [0.2, 0.25) is 0 Å². The van der Waals surface area contributed by atoms with Crippen LogP contribution in [-0.4, -0.2) is 21.9 Å². The van der Waals surface area contributed by atoms with Crippen LogP contribution in [0.1, 0.15) is 23.7 Å². The molecule has 100 valence electrons. The maximum atomic E-state index is 11.4. The van der Waals surface area contributed by atoms with E-state index in [1.54, 1.807) is 24.7 Å². The second-order valence-corrected chi connectivity index (χ2v) is 4.44. The molecule has 1 aromatic heterocycles. The van der Waals surface area contributed by atoms with E-state index in [0.29, 0.717) is 11.3 Å². The Labute approximate surface area is 112 Å². The van der Waals surface area contributed by atoms with E-state index in [1.807, 2.05) is 16.8 Å². The number of nitrogens with two attached hydrogens (primary N) is 1. The highest BCUT2D eigenvalue weighted by Crippen LogP contribution is 2.18. The lowest BCUT2D eigenvalue weighted by molar-refractivity contribution is 0.101. The number of Topliss-reactive ketones (excluding diaryl/α,β-unsaturated/α-hetero) is 1. The van der Waals surface area contributed by atoms with Crippen molar-refractivity contribution in [3.05, 3.63) is 42.5 Å². The summed E-state index contributed by atoms with van der Waals surface area (Å²) >= 11 is 0. The second kappa shape index (κ2) is 6.04. The average Bonchev–Trinajstić information content (AvgIpc) is 2.89. The Balaban J connectivity index is 1.86. The number of anilines is 2. The van der Waals surface area contributed by atoms with Crippen LogP contribution in [0.3, 0.4) is 0 Å². The highest BCUT2D eigenvalue weighted by atomic mass is 16.1. The summed E-state index contributed by atoms with van der Waals surface area (Å²) in [6, 6.07) is 5.45. The van der Waals surface area contributed by atoms with Crippen LogP contribution in [0.15, 0.2) is 36.9 Å². The number of hydrogen-bond acceptors (Lipinski definition) is 4. The third kappa shape index (κ3) is 3.58. The lowest BCUT2D eigenvalue weighted by atomic mass is 10.1. The Morgan fingerprint density at radius 3 is 3.00 bits per heavy atom. The summed E-state index contributed by atoms with van der Waals surface area (Å²) in [5.41, 5.74) is 7.77. The van der Waals surface area contributed by atoms with Gasteiger partial charge in [0.05, 0.1) is 6.33 Å². The summed E-state index contributed by atoms with van der Waals surface area (Å²) in [5.74, 6) is -0.0143. The number of rotatable bonds is 6. The molecule has 0 aliphatic carbocycles. The summed E-state index contributed by atoms with van der Waals surface area (Å²) in [7, 11) is 0. The lowest BCUT2D eigenvalue weighted by Gasteiger charge is -2.09. The van der Waals surface area contributed by atoms with Gasteiger partial charge < -0.3 is 15.6 Å². The van der Waals surface area contributed by atoms with Crippen molar-refractivity contribution in [1.82, 2.24) is 9.55 Å². The van der Waals surface area contributed by atoms with Gasteiger partial charge in [-0.1, -0.05) is 0 Å². The smallest absolute Gasteiger partial charge is 0.161 e. The van der Waals surface area contributed by atoms with Crippen molar-refractivity contribution in [2.75, 3.05) is 17.6 Å². The van der Waals surface area contributed by atoms with E-state index in [1.165, 1.54) is 6.92 Å². The van der Waals surface area contributed by atoms with E-state index in [9.17, 15) is 4.79 Å². The van der Waals surface area contributed by atoms with Gasteiger partial charge in [0.25, 0.3) is 0 Å². The molecule has 0 unspecified atom stereocenters. The van der Waals surface area contributed by atoms with Gasteiger partial charge >= 0.3 is 0 Å². The molecule has 0 spiro atoms. The zero-order valence-electron chi connectivity index (χ0n) is 11.0. The molecule has 0 radical (unpaired) electrons. The molecule has 19 heavy (non-hydrogen) atoms. The van der Waals surface area contributed by atoms with Gasteiger partial charge in [-0.3, -0.25) is 4.79 Å². The van der Waals surface area contributed by atoms with Crippen molar-refractivity contribution in [3.63, 3.8) is 0 Å². The molecule has 5 heteroatoms. The van der Waals surface area contributed by atoms with Crippen molar-refractivity contribution >= 4 is 17.2 Å². The summed E-state index contributed by atoms with van der Waals surface area (Å²) in [5, 5.41) is 3.29. The lowest BCUT2D eigenvalue weighted by Crippen LogP contribution is -2.07. The number of ketones is 1. The Kier molecular flexibility index (Phi) is 4.18. The molecule has 2 aromatic rings. The molecular formula is C14H18N4O. The van der Waals surface area contributed by atoms with E-state index in [2.05, 4.69) is 10.3 Å². The normalized spacial score (nSPS) is 10.4. The summed E-state index contributed by atoms with van der Waals surface area (Å²) in [6.07, 6.45) is 6.50. The molecule has 1 aromatic carbocycles. The highest BCUT2D eigenvalue weighted by molar-refractivity contribution is 5.99. The van der Waals surface area contributed by atoms with Crippen LogP contribution in [0.5, 0.6) is 0 Å². The third-order valence-corrected chi connectivity index (χ3v) is 2.91. The zero-order chi connectivity index (χ0) is 13.7. The molecule has 0 amide bonds. The molecule has 0 atom stereocenters. The van der Waals surface area contributed by atoms with Gasteiger partial charge in [0.15, 0.2) is 5.78 Å². The minimum Gasteiger partial charge on any atom is -0.398 e. The maximum absolute atomic E-state index is 11.4. The number of nitrogen functional groups attached to an aromatic ring is 1. The first-order valence-electron chi connectivity index (χ1n) is 6.27. The van der Waals surface area contributed by atoms with Crippen LogP contribution in [0.2, 0.25) is 0 Å². The molecule has 1 heterocycles. The molecule has 2 rings (SSSR count). The fourth-order valence-electron chi connectivity index (χ4n) is 1.88. The van der Waals surface area contributed by atoms with E-state index in [-0.39, 0.29) is 5.78 Å².